The molecule has 1 N–H and O–H groups in total. The molecule has 0 radical (unpaired) electrons. The first-order valence-electron chi connectivity index (χ1n) is 13.7. The van der Waals surface area contributed by atoms with Crippen molar-refractivity contribution in [2.24, 2.45) is 0 Å². The lowest BCUT2D eigenvalue weighted by atomic mass is 10.1. The van der Waals surface area contributed by atoms with Crippen molar-refractivity contribution < 1.29 is 18.0 Å². The van der Waals surface area contributed by atoms with Crippen LogP contribution in [0.2, 0.25) is 15.1 Å². The van der Waals surface area contributed by atoms with Crippen molar-refractivity contribution in [3.63, 3.8) is 0 Å². The average Bonchev–Trinajstić information content (AvgIpc) is 2.95. The summed E-state index contributed by atoms with van der Waals surface area (Å²) in [6.07, 6.45) is 1.01. The fraction of sp³-hybridized carbons (Fsp3) is 0.355. The summed E-state index contributed by atoms with van der Waals surface area (Å²) in [5, 5.41) is 3.97. The van der Waals surface area contributed by atoms with Gasteiger partial charge in [0.05, 0.1) is 20.6 Å². The Hall–Kier alpha value is -2.78. The number of nitrogens with one attached hydrogen (secondary N) is 1. The molecular formula is C31H36Cl3N3O4S. The van der Waals surface area contributed by atoms with Crippen LogP contribution in [0.1, 0.15) is 50.3 Å². The van der Waals surface area contributed by atoms with Gasteiger partial charge in [-0.2, -0.15) is 0 Å². The molecular weight excluding hydrogens is 617 g/mol. The fourth-order valence-corrected chi connectivity index (χ4v) is 6.20. The predicted molar refractivity (Wildman–Crippen MR) is 171 cm³/mol. The molecule has 226 valence electrons. The van der Waals surface area contributed by atoms with E-state index in [4.69, 9.17) is 34.8 Å². The maximum atomic E-state index is 14.2. The molecule has 0 fully saturated rings. The SMILES string of the molecule is CC[C@@H](C)NC(=O)[C@@H](CC)N(Cc1ccc(Cl)c(Cl)c1)C(=O)CN(c1ccc(C)c(Cl)c1)S(=O)(=O)c1ccc(C)cc1. The molecule has 0 heterocycles. The lowest BCUT2D eigenvalue weighted by Gasteiger charge is -2.34. The van der Waals surface area contributed by atoms with Crippen molar-refractivity contribution in [3.05, 3.63) is 92.4 Å². The molecule has 42 heavy (non-hydrogen) atoms. The lowest BCUT2D eigenvalue weighted by molar-refractivity contribution is -0.140. The Balaban J connectivity index is 2.10. The first-order chi connectivity index (χ1) is 19.8. The summed E-state index contributed by atoms with van der Waals surface area (Å²) >= 11 is 18.8. The Kier molecular flexibility index (Phi) is 11.7. The molecule has 0 aliphatic rings. The number of anilines is 1. The molecule has 3 rings (SSSR count). The van der Waals surface area contributed by atoms with E-state index in [0.717, 1.165) is 15.4 Å². The summed E-state index contributed by atoms with van der Waals surface area (Å²) in [7, 11) is -4.20. The predicted octanol–water partition coefficient (Wildman–Crippen LogP) is 7.18. The van der Waals surface area contributed by atoms with E-state index in [1.165, 1.54) is 23.1 Å². The number of halogens is 3. The van der Waals surface area contributed by atoms with Crippen molar-refractivity contribution in [1.29, 1.82) is 0 Å². The zero-order valence-corrected chi connectivity index (χ0v) is 27.4. The number of amides is 2. The van der Waals surface area contributed by atoms with E-state index in [1.807, 2.05) is 20.8 Å². The first kappa shape index (κ1) is 33.7. The van der Waals surface area contributed by atoms with Crippen LogP contribution in [0.5, 0.6) is 0 Å². The normalized spacial score (nSPS) is 12.9. The van der Waals surface area contributed by atoms with E-state index in [1.54, 1.807) is 56.3 Å². The summed E-state index contributed by atoms with van der Waals surface area (Å²) in [4.78, 5) is 29.0. The quantitative estimate of drug-likeness (QED) is 0.225. The number of aryl methyl sites for hydroxylation is 2. The average molecular weight is 653 g/mol. The zero-order valence-electron chi connectivity index (χ0n) is 24.3. The van der Waals surface area contributed by atoms with E-state index < -0.39 is 28.5 Å². The summed E-state index contributed by atoms with van der Waals surface area (Å²) in [6, 6.07) is 15.2. The van der Waals surface area contributed by atoms with Crippen LogP contribution in [-0.2, 0) is 26.2 Å². The minimum absolute atomic E-state index is 0.00915. The molecule has 0 saturated heterocycles. The highest BCUT2D eigenvalue weighted by molar-refractivity contribution is 7.92. The van der Waals surface area contributed by atoms with Crippen LogP contribution in [-0.4, -0.2) is 43.8 Å². The first-order valence-corrected chi connectivity index (χ1v) is 16.2. The van der Waals surface area contributed by atoms with Gasteiger partial charge in [0.25, 0.3) is 10.0 Å². The molecule has 0 unspecified atom stereocenters. The third-order valence-electron chi connectivity index (χ3n) is 7.06. The molecule has 3 aromatic rings. The molecule has 0 aromatic heterocycles. The summed E-state index contributed by atoms with van der Waals surface area (Å²) in [6.45, 7) is 8.73. The van der Waals surface area contributed by atoms with Crippen molar-refractivity contribution in [2.75, 3.05) is 10.8 Å². The van der Waals surface area contributed by atoms with Crippen LogP contribution >= 0.6 is 34.8 Å². The van der Waals surface area contributed by atoms with E-state index >= 15 is 0 Å². The second-order valence-electron chi connectivity index (χ2n) is 10.3. The van der Waals surface area contributed by atoms with Crippen molar-refractivity contribution in [3.8, 4) is 0 Å². The maximum absolute atomic E-state index is 14.2. The number of rotatable bonds is 12. The van der Waals surface area contributed by atoms with Gasteiger partial charge in [0, 0.05) is 17.6 Å². The van der Waals surface area contributed by atoms with Crippen LogP contribution < -0.4 is 9.62 Å². The Bertz CT molecular complexity index is 1530. The van der Waals surface area contributed by atoms with E-state index in [2.05, 4.69) is 5.32 Å². The number of nitrogens with zero attached hydrogens (tertiary/aromatic N) is 2. The monoisotopic (exact) mass is 651 g/mol. The van der Waals surface area contributed by atoms with Gasteiger partial charge >= 0.3 is 0 Å². The Morgan fingerprint density at radius 3 is 2.10 bits per heavy atom. The van der Waals surface area contributed by atoms with Crippen molar-refractivity contribution in [2.45, 2.75) is 71.0 Å². The van der Waals surface area contributed by atoms with Crippen molar-refractivity contribution >= 4 is 62.3 Å². The van der Waals surface area contributed by atoms with Crippen LogP contribution in [0.25, 0.3) is 0 Å². The van der Waals surface area contributed by atoms with Crippen LogP contribution in [0.15, 0.2) is 65.6 Å². The summed E-state index contributed by atoms with van der Waals surface area (Å²) < 4.78 is 29.0. The number of hydrogen-bond donors (Lipinski definition) is 1. The molecule has 2 amide bonds. The van der Waals surface area contributed by atoms with Gasteiger partial charge in [-0.3, -0.25) is 13.9 Å². The minimum Gasteiger partial charge on any atom is -0.352 e. The Labute approximate surface area is 263 Å². The van der Waals surface area contributed by atoms with Crippen LogP contribution in [0.3, 0.4) is 0 Å². The van der Waals surface area contributed by atoms with Gasteiger partial charge in [-0.1, -0.05) is 78.5 Å². The lowest BCUT2D eigenvalue weighted by Crippen LogP contribution is -2.53. The molecule has 0 aliphatic heterocycles. The van der Waals surface area contributed by atoms with E-state index in [9.17, 15) is 18.0 Å². The van der Waals surface area contributed by atoms with Gasteiger partial charge < -0.3 is 10.2 Å². The van der Waals surface area contributed by atoms with Gasteiger partial charge in [-0.25, -0.2) is 8.42 Å². The topological polar surface area (TPSA) is 86.8 Å². The summed E-state index contributed by atoms with van der Waals surface area (Å²) in [5.74, 6) is -0.897. The Morgan fingerprint density at radius 1 is 0.857 bits per heavy atom. The fourth-order valence-electron chi connectivity index (χ4n) is 4.30. The molecule has 3 aromatic carbocycles. The number of benzene rings is 3. The highest BCUT2D eigenvalue weighted by Gasteiger charge is 2.34. The van der Waals surface area contributed by atoms with Gasteiger partial charge in [-0.05, 0) is 81.1 Å². The van der Waals surface area contributed by atoms with Crippen molar-refractivity contribution in [1.82, 2.24) is 10.2 Å². The molecule has 0 saturated carbocycles. The third-order valence-corrected chi connectivity index (χ3v) is 9.99. The van der Waals surface area contributed by atoms with Gasteiger partial charge in [-0.15, -0.1) is 0 Å². The largest absolute Gasteiger partial charge is 0.352 e. The summed E-state index contributed by atoms with van der Waals surface area (Å²) in [5.41, 5.74) is 2.51. The molecule has 0 aliphatic carbocycles. The van der Waals surface area contributed by atoms with Gasteiger partial charge in [0.15, 0.2) is 0 Å². The third kappa shape index (κ3) is 8.19. The standard InChI is InChI=1S/C31H36Cl3N3O4S/c1-6-22(5)35-31(39)29(7-2)36(18-23-11-15-26(32)28(34)16-23)30(38)19-37(24-12-10-21(4)27(33)17-24)42(40,41)25-13-8-20(3)9-14-25/h8-17,22,29H,6-7,18-19H2,1-5H3,(H,35,39)/t22-,29-/m1/s1. The second kappa shape index (κ2) is 14.6. The highest BCUT2D eigenvalue weighted by Crippen LogP contribution is 2.29. The smallest absolute Gasteiger partial charge is 0.264 e. The number of carbonyl (C=O) groups is 2. The maximum Gasteiger partial charge on any atom is 0.264 e. The molecule has 11 heteroatoms. The molecule has 0 bridgehead atoms. The van der Waals surface area contributed by atoms with Gasteiger partial charge in [0.1, 0.15) is 12.6 Å². The van der Waals surface area contributed by atoms with E-state index in [0.29, 0.717) is 33.5 Å². The molecule has 7 nitrogen and oxygen atoms in total. The van der Waals surface area contributed by atoms with Crippen LogP contribution in [0, 0.1) is 13.8 Å². The Morgan fingerprint density at radius 2 is 1.52 bits per heavy atom. The highest BCUT2D eigenvalue weighted by atomic mass is 35.5. The van der Waals surface area contributed by atoms with Crippen LogP contribution in [0.4, 0.5) is 5.69 Å². The zero-order chi connectivity index (χ0) is 31.2. The number of sulfonamides is 1. The second-order valence-corrected chi connectivity index (χ2v) is 13.4. The minimum atomic E-state index is -4.20. The number of carbonyl (C=O) groups excluding carboxylic acids is 2. The molecule has 0 spiro atoms. The molecule has 2 atom stereocenters. The van der Waals surface area contributed by atoms with E-state index in [-0.39, 0.29) is 29.1 Å². The number of hydrogen-bond acceptors (Lipinski definition) is 4. The van der Waals surface area contributed by atoms with Gasteiger partial charge in [0.2, 0.25) is 11.8 Å².